The summed E-state index contributed by atoms with van der Waals surface area (Å²) in [6.07, 6.45) is -4.46. The first-order valence-electron chi connectivity index (χ1n) is 7.52. The summed E-state index contributed by atoms with van der Waals surface area (Å²) in [6.45, 7) is 3.36. The molecule has 0 aliphatic rings. The topological polar surface area (TPSA) is 87.3 Å². The summed E-state index contributed by atoms with van der Waals surface area (Å²) in [5, 5.41) is 7.94. The largest absolute Gasteiger partial charge is 0.416 e. The molecule has 0 aliphatic heterocycles. The third-order valence-corrected chi connectivity index (χ3v) is 4.14. The van der Waals surface area contributed by atoms with Gasteiger partial charge >= 0.3 is 6.18 Å². The SMILES string of the molecule is Cc1nc(-c2nnc([C@H](C)c3ccc(C(F)(F)F)cc3Cl)[nH]2)cc(=O)[nH]1. The zero-order chi connectivity index (χ0) is 19.1. The Balaban J connectivity index is 1.93. The van der Waals surface area contributed by atoms with Gasteiger partial charge in [-0.05, 0) is 24.6 Å². The molecular formula is C16H13ClF3N5O. The molecule has 0 aliphatic carbocycles. The minimum absolute atomic E-state index is 0.0181. The Morgan fingerprint density at radius 3 is 2.50 bits per heavy atom. The zero-order valence-corrected chi connectivity index (χ0v) is 14.4. The molecule has 0 radical (unpaired) electrons. The summed E-state index contributed by atoms with van der Waals surface area (Å²) in [5.74, 6) is 0.656. The molecule has 6 nitrogen and oxygen atoms in total. The fourth-order valence-corrected chi connectivity index (χ4v) is 2.83. The van der Waals surface area contributed by atoms with E-state index in [0.29, 0.717) is 22.9 Å². The number of hydrogen-bond donors (Lipinski definition) is 2. The van der Waals surface area contributed by atoms with E-state index in [0.717, 1.165) is 12.1 Å². The minimum Gasteiger partial charge on any atom is -0.323 e. The number of alkyl halides is 3. The quantitative estimate of drug-likeness (QED) is 0.722. The van der Waals surface area contributed by atoms with Gasteiger partial charge in [0.05, 0.1) is 5.56 Å². The molecular weight excluding hydrogens is 371 g/mol. The number of benzene rings is 1. The lowest BCUT2D eigenvalue weighted by atomic mass is 9.99. The van der Waals surface area contributed by atoms with Crippen LogP contribution in [0.2, 0.25) is 5.02 Å². The number of aromatic nitrogens is 5. The molecule has 136 valence electrons. The molecule has 0 fully saturated rings. The Hall–Kier alpha value is -2.68. The van der Waals surface area contributed by atoms with E-state index >= 15 is 0 Å². The van der Waals surface area contributed by atoms with E-state index in [9.17, 15) is 18.0 Å². The minimum atomic E-state index is -4.46. The molecule has 1 aromatic carbocycles. The normalized spacial score (nSPS) is 13.0. The van der Waals surface area contributed by atoms with Gasteiger partial charge in [0, 0.05) is 17.0 Å². The number of halogens is 4. The predicted octanol–water partition coefficient (Wildman–Crippen LogP) is 3.69. The van der Waals surface area contributed by atoms with E-state index in [1.165, 1.54) is 12.1 Å². The number of aromatic amines is 2. The highest BCUT2D eigenvalue weighted by atomic mass is 35.5. The maximum absolute atomic E-state index is 12.8. The van der Waals surface area contributed by atoms with Crippen molar-refractivity contribution >= 4 is 11.6 Å². The van der Waals surface area contributed by atoms with E-state index in [1.807, 2.05) is 0 Å². The van der Waals surface area contributed by atoms with Crippen molar-refractivity contribution in [3.63, 3.8) is 0 Å². The summed E-state index contributed by atoms with van der Waals surface area (Å²) in [5.41, 5.74) is -0.364. The van der Waals surface area contributed by atoms with Gasteiger partial charge < -0.3 is 9.97 Å². The number of H-pyrrole nitrogens is 2. The Labute approximate surface area is 150 Å². The van der Waals surface area contributed by atoms with Crippen molar-refractivity contribution in [2.24, 2.45) is 0 Å². The smallest absolute Gasteiger partial charge is 0.323 e. The van der Waals surface area contributed by atoms with Crippen LogP contribution in [0.5, 0.6) is 0 Å². The predicted molar refractivity (Wildman–Crippen MR) is 88.9 cm³/mol. The van der Waals surface area contributed by atoms with Gasteiger partial charge in [0.15, 0.2) is 5.82 Å². The number of aryl methyl sites for hydroxylation is 1. The van der Waals surface area contributed by atoms with Crippen LogP contribution >= 0.6 is 11.6 Å². The Kier molecular flexibility index (Phi) is 4.57. The van der Waals surface area contributed by atoms with Gasteiger partial charge in [0.2, 0.25) is 0 Å². The molecule has 10 heteroatoms. The summed E-state index contributed by atoms with van der Waals surface area (Å²) in [4.78, 5) is 21.2. The van der Waals surface area contributed by atoms with Crippen LogP contribution in [-0.2, 0) is 6.18 Å². The van der Waals surface area contributed by atoms with E-state index in [2.05, 4.69) is 25.1 Å². The standard InChI is InChI=1S/C16H13ClF3N5O/c1-7(10-4-3-9(5-11(10)17)16(18,19)20)14-23-15(25-24-14)12-6-13(26)22-8(2)21-12/h3-7H,1-2H3,(H,21,22,26)(H,23,24,25)/t7-/m1/s1. The van der Waals surface area contributed by atoms with Gasteiger partial charge in [0.1, 0.15) is 17.3 Å². The van der Waals surface area contributed by atoms with E-state index in [-0.39, 0.29) is 16.4 Å². The first kappa shape index (κ1) is 18.1. The lowest BCUT2D eigenvalue weighted by Gasteiger charge is -2.13. The molecule has 1 atom stereocenters. The second-order valence-corrected chi connectivity index (χ2v) is 6.14. The second-order valence-electron chi connectivity index (χ2n) is 5.73. The van der Waals surface area contributed by atoms with Crippen LogP contribution in [0.15, 0.2) is 29.1 Å². The molecule has 3 aromatic rings. The first-order chi connectivity index (χ1) is 12.1. The molecule has 0 saturated heterocycles. The van der Waals surface area contributed by atoms with Crippen LogP contribution in [0.4, 0.5) is 13.2 Å². The molecule has 2 aromatic heterocycles. The average Bonchev–Trinajstić information content (AvgIpc) is 3.02. The van der Waals surface area contributed by atoms with Crippen molar-refractivity contribution in [3.8, 4) is 11.5 Å². The molecule has 2 N–H and O–H groups in total. The van der Waals surface area contributed by atoms with Crippen LogP contribution < -0.4 is 5.56 Å². The van der Waals surface area contributed by atoms with Crippen LogP contribution in [-0.4, -0.2) is 25.1 Å². The highest BCUT2D eigenvalue weighted by Crippen LogP contribution is 2.35. The van der Waals surface area contributed by atoms with Gasteiger partial charge in [-0.15, -0.1) is 10.2 Å². The Morgan fingerprint density at radius 1 is 1.15 bits per heavy atom. The zero-order valence-electron chi connectivity index (χ0n) is 13.6. The van der Waals surface area contributed by atoms with Crippen molar-refractivity contribution < 1.29 is 13.2 Å². The highest BCUT2D eigenvalue weighted by molar-refractivity contribution is 6.31. The number of rotatable bonds is 3. The molecule has 3 rings (SSSR count). The molecule has 0 spiro atoms. The Bertz CT molecular complexity index is 1010. The van der Waals surface area contributed by atoms with Gasteiger partial charge in [-0.2, -0.15) is 13.2 Å². The monoisotopic (exact) mass is 383 g/mol. The molecule has 0 bridgehead atoms. The molecule has 0 unspecified atom stereocenters. The molecule has 2 heterocycles. The third kappa shape index (κ3) is 3.62. The number of nitrogens with zero attached hydrogens (tertiary/aromatic N) is 3. The van der Waals surface area contributed by atoms with E-state index in [4.69, 9.17) is 11.6 Å². The van der Waals surface area contributed by atoms with Crippen LogP contribution in [0, 0.1) is 6.92 Å². The Morgan fingerprint density at radius 2 is 1.88 bits per heavy atom. The highest BCUT2D eigenvalue weighted by Gasteiger charge is 2.31. The van der Waals surface area contributed by atoms with Crippen molar-refractivity contribution in [3.05, 3.63) is 62.4 Å². The van der Waals surface area contributed by atoms with Crippen LogP contribution in [0.1, 0.15) is 35.6 Å². The van der Waals surface area contributed by atoms with Crippen LogP contribution in [0.3, 0.4) is 0 Å². The second kappa shape index (κ2) is 6.56. The maximum Gasteiger partial charge on any atom is 0.416 e. The summed E-state index contributed by atoms with van der Waals surface area (Å²) >= 11 is 6.03. The lowest BCUT2D eigenvalue weighted by Crippen LogP contribution is -2.09. The first-order valence-corrected chi connectivity index (χ1v) is 7.90. The van der Waals surface area contributed by atoms with Crippen molar-refractivity contribution in [1.29, 1.82) is 0 Å². The van der Waals surface area contributed by atoms with E-state index in [1.54, 1.807) is 13.8 Å². The van der Waals surface area contributed by atoms with Gasteiger partial charge in [-0.1, -0.05) is 24.6 Å². The lowest BCUT2D eigenvalue weighted by molar-refractivity contribution is -0.137. The average molecular weight is 384 g/mol. The number of nitrogens with one attached hydrogen (secondary N) is 2. The summed E-state index contributed by atoms with van der Waals surface area (Å²) in [7, 11) is 0. The van der Waals surface area contributed by atoms with Crippen molar-refractivity contribution in [2.45, 2.75) is 25.9 Å². The molecule has 0 saturated carbocycles. The van der Waals surface area contributed by atoms with Crippen LogP contribution in [0.25, 0.3) is 11.5 Å². The fourth-order valence-electron chi connectivity index (χ4n) is 2.49. The fraction of sp³-hybridized carbons (Fsp3) is 0.250. The molecule has 26 heavy (non-hydrogen) atoms. The van der Waals surface area contributed by atoms with Crippen molar-refractivity contribution in [2.75, 3.05) is 0 Å². The van der Waals surface area contributed by atoms with Crippen molar-refractivity contribution in [1.82, 2.24) is 25.1 Å². The third-order valence-electron chi connectivity index (χ3n) is 3.81. The molecule has 0 amide bonds. The summed E-state index contributed by atoms with van der Waals surface area (Å²) in [6, 6.07) is 4.43. The summed E-state index contributed by atoms with van der Waals surface area (Å²) < 4.78 is 38.3. The van der Waals surface area contributed by atoms with Gasteiger partial charge in [-0.3, -0.25) is 4.79 Å². The maximum atomic E-state index is 12.8. The van der Waals surface area contributed by atoms with E-state index < -0.39 is 17.7 Å². The van der Waals surface area contributed by atoms with Gasteiger partial charge in [-0.25, -0.2) is 4.98 Å². The number of hydrogen-bond acceptors (Lipinski definition) is 4. The van der Waals surface area contributed by atoms with Gasteiger partial charge in [0.25, 0.3) is 5.56 Å².